The summed E-state index contributed by atoms with van der Waals surface area (Å²) in [4.78, 5) is 17.8. The second-order valence-corrected chi connectivity index (χ2v) is 4.68. The summed E-state index contributed by atoms with van der Waals surface area (Å²) in [5.41, 5.74) is 6.62. The maximum atomic E-state index is 11.4. The Morgan fingerprint density at radius 1 is 1.61 bits per heavy atom. The first-order chi connectivity index (χ1) is 8.70. The summed E-state index contributed by atoms with van der Waals surface area (Å²) in [5, 5.41) is 3.02. The lowest BCUT2D eigenvalue weighted by Crippen LogP contribution is -2.47. The van der Waals surface area contributed by atoms with Crippen molar-refractivity contribution in [3.63, 3.8) is 0 Å². The van der Waals surface area contributed by atoms with Crippen molar-refractivity contribution in [1.82, 2.24) is 9.88 Å². The van der Waals surface area contributed by atoms with Crippen molar-refractivity contribution < 1.29 is 4.79 Å². The van der Waals surface area contributed by atoms with E-state index in [9.17, 15) is 4.79 Å². The molecule has 1 aromatic heterocycles. The van der Waals surface area contributed by atoms with Crippen LogP contribution in [0, 0.1) is 0 Å². The van der Waals surface area contributed by atoms with Crippen molar-refractivity contribution in [1.29, 1.82) is 0 Å². The normalized spacial score (nSPS) is 20.6. The number of hydrogen-bond acceptors (Lipinski definition) is 4. The molecule has 0 radical (unpaired) electrons. The number of pyridine rings is 1. The molecular formula is C13H20N4O. The number of rotatable bonds is 4. The third kappa shape index (κ3) is 2.98. The summed E-state index contributed by atoms with van der Waals surface area (Å²) in [6.45, 7) is 1.69. The van der Waals surface area contributed by atoms with Gasteiger partial charge in [-0.25, -0.2) is 4.98 Å². The van der Waals surface area contributed by atoms with Crippen molar-refractivity contribution in [3.05, 3.63) is 23.9 Å². The highest BCUT2D eigenvalue weighted by molar-refractivity contribution is 5.79. The summed E-state index contributed by atoms with van der Waals surface area (Å²) in [7, 11) is 1.85. The predicted molar refractivity (Wildman–Crippen MR) is 71.0 cm³/mol. The van der Waals surface area contributed by atoms with Gasteiger partial charge < -0.3 is 11.1 Å². The van der Waals surface area contributed by atoms with E-state index in [4.69, 9.17) is 5.73 Å². The van der Waals surface area contributed by atoms with Gasteiger partial charge in [-0.05, 0) is 37.1 Å². The molecule has 98 valence electrons. The molecule has 0 aromatic carbocycles. The molecule has 0 aliphatic carbocycles. The van der Waals surface area contributed by atoms with Crippen molar-refractivity contribution in [2.75, 3.05) is 18.9 Å². The minimum Gasteiger partial charge on any atom is -0.373 e. The van der Waals surface area contributed by atoms with Gasteiger partial charge in [0, 0.05) is 19.8 Å². The quantitative estimate of drug-likeness (QED) is 0.832. The van der Waals surface area contributed by atoms with Gasteiger partial charge in [0.2, 0.25) is 5.91 Å². The van der Waals surface area contributed by atoms with Crippen LogP contribution in [0.1, 0.15) is 24.8 Å². The lowest BCUT2D eigenvalue weighted by Gasteiger charge is -2.33. The molecule has 1 aliphatic heterocycles. The van der Waals surface area contributed by atoms with Gasteiger partial charge in [0.25, 0.3) is 0 Å². The van der Waals surface area contributed by atoms with E-state index < -0.39 is 0 Å². The molecule has 5 nitrogen and oxygen atoms in total. The highest BCUT2D eigenvalue weighted by Crippen LogP contribution is 2.20. The fourth-order valence-corrected chi connectivity index (χ4v) is 2.45. The van der Waals surface area contributed by atoms with Crippen LogP contribution in [0.15, 0.2) is 18.3 Å². The van der Waals surface area contributed by atoms with Crippen LogP contribution in [0.2, 0.25) is 0 Å². The third-order valence-corrected chi connectivity index (χ3v) is 3.41. The molecule has 0 saturated carbocycles. The lowest BCUT2D eigenvalue weighted by molar-refractivity contribution is -0.124. The SMILES string of the molecule is CNc1cc(CN2CCCCC2C(N)=O)ccn1. The molecule has 0 bridgehead atoms. The molecule has 1 atom stereocenters. The Hall–Kier alpha value is -1.62. The molecule has 2 heterocycles. The second-order valence-electron chi connectivity index (χ2n) is 4.68. The van der Waals surface area contributed by atoms with Gasteiger partial charge in [0.1, 0.15) is 5.82 Å². The van der Waals surface area contributed by atoms with Gasteiger partial charge in [-0.15, -0.1) is 0 Å². The molecule has 0 spiro atoms. The fraction of sp³-hybridized carbons (Fsp3) is 0.538. The number of primary amides is 1. The number of piperidine rings is 1. The van der Waals surface area contributed by atoms with Crippen molar-refractivity contribution in [2.24, 2.45) is 5.73 Å². The maximum Gasteiger partial charge on any atom is 0.234 e. The summed E-state index contributed by atoms with van der Waals surface area (Å²) in [6, 6.07) is 3.87. The van der Waals surface area contributed by atoms with Crippen LogP contribution in [0.3, 0.4) is 0 Å². The monoisotopic (exact) mass is 248 g/mol. The molecule has 1 aliphatic rings. The molecule has 1 amide bonds. The van der Waals surface area contributed by atoms with E-state index in [-0.39, 0.29) is 11.9 Å². The van der Waals surface area contributed by atoms with Gasteiger partial charge in [-0.3, -0.25) is 9.69 Å². The molecule has 1 aromatic rings. The van der Waals surface area contributed by atoms with Gasteiger partial charge >= 0.3 is 0 Å². The van der Waals surface area contributed by atoms with Gasteiger partial charge in [0.05, 0.1) is 6.04 Å². The standard InChI is InChI=1S/C13H20N4O/c1-15-12-8-10(5-6-16-12)9-17-7-3-2-4-11(17)13(14)18/h5-6,8,11H,2-4,7,9H2,1H3,(H2,14,18)(H,15,16). The van der Waals surface area contributed by atoms with E-state index in [2.05, 4.69) is 15.2 Å². The minimum absolute atomic E-state index is 0.120. The zero-order valence-electron chi connectivity index (χ0n) is 10.7. The van der Waals surface area contributed by atoms with E-state index in [1.54, 1.807) is 6.20 Å². The van der Waals surface area contributed by atoms with Crippen LogP contribution in [-0.4, -0.2) is 35.4 Å². The molecular weight excluding hydrogens is 228 g/mol. The number of nitrogens with zero attached hydrogens (tertiary/aromatic N) is 2. The van der Waals surface area contributed by atoms with E-state index in [1.807, 2.05) is 19.2 Å². The first-order valence-corrected chi connectivity index (χ1v) is 6.37. The number of carbonyl (C=O) groups excluding carboxylic acids is 1. The molecule has 3 N–H and O–H groups in total. The average Bonchev–Trinajstić information content (AvgIpc) is 2.39. The highest BCUT2D eigenvalue weighted by atomic mass is 16.1. The Bertz CT molecular complexity index is 421. The number of likely N-dealkylation sites (tertiary alicyclic amines) is 1. The number of hydrogen-bond donors (Lipinski definition) is 2. The number of aromatic nitrogens is 1. The molecule has 18 heavy (non-hydrogen) atoms. The van der Waals surface area contributed by atoms with E-state index in [1.165, 1.54) is 0 Å². The molecule has 1 unspecified atom stereocenters. The zero-order valence-corrected chi connectivity index (χ0v) is 10.7. The Kier molecular flexibility index (Phi) is 4.15. The number of carbonyl (C=O) groups is 1. The van der Waals surface area contributed by atoms with E-state index in [0.717, 1.165) is 43.7 Å². The lowest BCUT2D eigenvalue weighted by atomic mass is 10.0. The van der Waals surface area contributed by atoms with Crippen LogP contribution in [0.5, 0.6) is 0 Å². The molecule has 1 fully saturated rings. The van der Waals surface area contributed by atoms with Crippen LogP contribution >= 0.6 is 0 Å². The summed E-state index contributed by atoms with van der Waals surface area (Å²) >= 11 is 0. The number of amides is 1. The number of nitrogens with one attached hydrogen (secondary N) is 1. The first-order valence-electron chi connectivity index (χ1n) is 6.37. The smallest absolute Gasteiger partial charge is 0.234 e. The Morgan fingerprint density at radius 2 is 2.44 bits per heavy atom. The maximum absolute atomic E-state index is 11.4. The summed E-state index contributed by atoms with van der Waals surface area (Å²) in [6.07, 6.45) is 4.87. The summed E-state index contributed by atoms with van der Waals surface area (Å²) < 4.78 is 0. The topological polar surface area (TPSA) is 71.2 Å². The van der Waals surface area contributed by atoms with Crippen LogP contribution < -0.4 is 11.1 Å². The van der Waals surface area contributed by atoms with E-state index in [0.29, 0.717) is 0 Å². The molecule has 2 rings (SSSR count). The summed E-state index contributed by atoms with van der Waals surface area (Å²) in [5.74, 6) is 0.637. The van der Waals surface area contributed by atoms with Crippen LogP contribution in [0.4, 0.5) is 5.82 Å². The third-order valence-electron chi connectivity index (χ3n) is 3.41. The average molecular weight is 248 g/mol. The van der Waals surface area contributed by atoms with Crippen LogP contribution in [-0.2, 0) is 11.3 Å². The Balaban J connectivity index is 2.08. The van der Waals surface area contributed by atoms with Crippen molar-refractivity contribution in [2.45, 2.75) is 31.8 Å². The van der Waals surface area contributed by atoms with Crippen molar-refractivity contribution >= 4 is 11.7 Å². The Labute approximate surface area is 107 Å². The van der Waals surface area contributed by atoms with Gasteiger partial charge in [-0.1, -0.05) is 6.42 Å². The van der Waals surface area contributed by atoms with E-state index >= 15 is 0 Å². The fourth-order valence-electron chi connectivity index (χ4n) is 2.45. The number of anilines is 1. The van der Waals surface area contributed by atoms with Crippen molar-refractivity contribution in [3.8, 4) is 0 Å². The Morgan fingerprint density at radius 3 is 3.17 bits per heavy atom. The van der Waals surface area contributed by atoms with Gasteiger partial charge in [0.15, 0.2) is 0 Å². The largest absolute Gasteiger partial charge is 0.373 e. The molecule has 5 heteroatoms. The zero-order chi connectivity index (χ0) is 13.0. The second kappa shape index (κ2) is 5.82. The highest BCUT2D eigenvalue weighted by Gasteiger charge is 2.26. The molecule has 1 saturated heterocycles. The number of nitrogens with two attached hydrogens (primary N) is 1. The van der Waals surface area contributed by atoms with Gasteiger partial charge in [-0.2, -0.15) is 0 Å². The predicted octanol–water partition coefficient (Wildman–Crippen LogP) is 0.963. The first kappa shape index (κ1) is 12.8. The minimum atomic E-state index is -0.211. The van der Waals surface area contributed by atoms with Crippen LogP contribution in [0.25, 0.3) is 0 Å².